The summed E-state index contributed by atoms with van der Waals surface area (Å²) in [5.74, 6) is -1.25. The van der Waals surface area contributed by atoms with E-state index < -0.39 is 11.8 Å². The van der Waals surface area contributed by atoms with Crippen LogP contribution in [0.4, 0.5) is 5.69 Å². The molecule has 3 amide bonds. The smallest absolute Gasteiger partial charge is 0.271 e. The van der Waals surface area contributed by atoms with E-state index in [-0.39, 0.29) is 16.5 Å². The van der Waals surface area contributed by atoms with Crippen LogP contribution < -0.4 is 16.2 Å². The standard InChI is InChI=1S/C22H18ClN3O3/c1-14-6-2-3-7-17(14)21(28)24-16-12-10-15(11-13-16)20(27)25-26-22(29)18-8-4-5-9-19(18)23/h2-13H,1H3,(H,24,28)(H,25,27)(H,26,29). The number of halogens is 1. The Labute approximate surface area is 172 Å². The van der Waals surface area contributed by atoms with Gasteiger partial charge in [0.05, 0.1) is 10.6 Å². The van der Waals surface area contributed by atoms with E-state index in [2.05, 4.69) is 16.2 Å². The molecule has 0 aromatic heterocycles. The second-order valence-corrected chi connectivity index (χ2v) is 6.64. The Bertz CT molecular complexity index is 1060. The summed E-state index contributed by atoms with van der Waals surface area (Å²) < 4.78 is 0. The third-order valence-corrected chi connectivity index (χ3v) is 4.53. The van der Waals surface area contributed by atoms with Gasteiger partial charge in [0.25, 0.3) is 17.7 Å². The van der Waals surface area contributed by atoms with Gasteiger partial charge in [-0.25, -0.2) is 0 Å². The highest BCUT2D eigenvalue weighted by molar-refractivity contribution is 6.33. The van der Waals surface area contributed by atoms with Crippen LogP contribution in [-0.2, 0) is 0 Å². The summed E-state index contributed by atoms with van der Waals surface area (Å²) in [7, 11) is 0. The zero-order valence-electron chi connectivity index (χ0n) is 15.5. The lowest BCUT2D eigenvalue weighted by Crippen LogP contribution is -2.41. The molecule has 0 heterocycles. The summed E-state index contributed by atoms with van der Waals surface area (Å²) in [6.07, 6.45) is 0. The molecule has 3 rings (SSSR count). The van der Waals surface area contributed by atoms with Crippen molar-refractivity contribution in [3.05, 3.63) is 100 Å². The van der Waals surface area contributed by atoms with Gasteiger partial charge in [0.1, 0.15) is 0 Å². The fourth-order valence-corrected chi connectivity index (χ4v) is 2.85. The molecule has 7 heteroatoms. The van der Waals surface area contributed by atoms with Gasteiger partial charge >= 0.3 is 0 Å². The first-order valence-electron chi connectivity index (χ1n) is 8.78. The molecule has 0 unspecified atom stereocenters. The van der Waals surface area contributed by atoms with Crippen LogP contribution >= 0.6 is 11.6 Å². The Morgan fingerprint density at radius 2 is 1.28 bits per heavy atom. The number of aryl methyl sites for hydroxylation is 1. The van der Waals surface area contributed by atoms with Gasteiger partial charge in [-0.05, 0) is 55.0 Å². The predicted octanol–water partition coefficient (Wildman–Crippen LogP) is 3.98. The van der Waals surface area contributed by atoms with Crippen LogP contribution in [0.2, 0.25) is 5.02 Å². The first kappa shape index (κ1) is 20.1. The number of rotatable bonds is 4. The second kappa shape index (κ2) is 9.03. The third kappa shape index (κ3) is 5.00. The van der Waals surface area contributed by atoms with Crippen LogP contribution in [0.3, 0.4) is 0 Å². The number of benzene rings is 3. The van der Waals surface area contributed by atoms with Crippen molar-refractivity contribution in [3.8, 4) is 0 Å². The highest BCUT2D eigenvalue weighted by Gasteiger charge is 2.12. The van der Waals surface area contributed by atoms with E-state index >= 15 is 0 Å². The lowest BCUT2D eigenvalue weighted by molar-refractivity contribution is 0.0847. The van der Waals surface area contributed by atoms with Crippen LogP contribution in [0.5, 0.6) is 0 Å². The zero-order valence-corrected chi connectivity index (χ0v) is 16.3. The van der Waals surface area contributed by atoms with Crippen molar-refractivity contribution >= 4 is 35.0 Å². The van der Waals surface area contributed by atoms with Crippen molar-refractivity contribution < 1.29 is 14.4 Å². The quantitative estimate of drug-likeness (QED) is 0.572. The van der Waals surface area contributed by atoms with Gasteiger partial charge in [0.15, 0.2) is 0 Å². The van der Waals surface area contributed by atoms with Crippen LogP contribution in [0.25, 0.3) is 0 Å². The lowest BCUT2D eigenvalue weighted by atomic mass is 10.1. The first-order chi connectivity index (χ1) is 14.0. The van der Waals surface area contributed by atoms with Gasteiger partial charge in [-0.2, -0.15) is 0 Å². The molecule has 0 aliphatic carbocycles. The maximum Gasteiger partial charge on any atom is 0.271 e. The Morgan fingerprint density at radius 1 is 0.690 bits per heavy atom. The van der Waals surface area contributed by atoms with E-state index in [0.717, 1.165) is 5.56 Å². The molecule has 29 heavy (non-hydrogen) atoms. The van der Waals surface area contributed by atoms with Gasteiger partial charge < -0.3 is 5.32 Å². The molecule has 6 nitrogen and oxygen atoms in total. The van der Waals surface area contributed by atoms with Crippen LogP contribution in [0.1, 0.15) is 36.6 Å². The monoisotopic (exact) mass is 407 g/mol. The maximum atomic E-state index is 12.3. The summed E-state index contributed by atoms with van der Waals surface area (Å²) in [6.45, 7) is 1.86. The molecule has 3 N–H and O–H groups in total. The van der Waals surface area contributed by atoms with Crippen LogP contribution in [-0.4, -0.2) is 17.7 Å². The average Bonchev–Trinajstić information content (AvgIpc) is 2.73. The summed E-state index contributed by atoms with van der Waals surface area (Å²) in [6, 6.07) is 20.1. The number of hydrogen-bond acceptors (Lipinski definition) is 3. The zero-order chi connectivity index (χ0) is 20.8. The number of amides is 3. The molecule has 0 radical (unpaired) electrons. The van der Waals surface area contributed by atoms with Gasteiger partial charge in [0, 0.05) is 16.8 Å². The molecule has 0 aliphatic rings. The van der Waals surface area contributed by atoms with Crippen LogP contribution in [0.15, 0.2) is 72.8 Å². The Morgan fingerprint density at radius 3 is 1.93 bits per heavy atom. The van der Waals surface area contributed by atoms with Gasteiger partial charge in [-0.15, -0.1) is 0 Å². The molecule has 0 bridgehead atoms. The number of hydrogen-bond donors (Lipinski definition) is 3. The molecule has 0 saturated carbocycles. The van der Waals surface area contributed by atoms with E-state index in [1.54, 1.807) is 60.7 Å². The molecule has 3 aromatic rings. The van der Waals surface area contributed by atoms with E-state index in [0.29, 0.717) is 16.8 Å². The highest BCUT2D eigenvalue weighted by Crippen LogP contribution is 2.15. The number of carbonyl (C=O) groups is 3. The average molecular weight is 408 g/mol. The summed E-state index contributed by atoms with van der Waals surface area (Å²) in [5.41, 5.74) is 7.23. The second-order valence-electron chi connectivity index (χ2n) is 6.23. The van der Waals surface area contributed by atoms with E-state index in [1.165, 1.54) is 0 Å². The maximum absolute atomic E-state index is 12.3. The van der Waals surface area contributed by atoms with Crippen molar-refractivity contribution in [2.24, 2.45) is 0 Å². The van der Waals surface area contributed by atoms with Crippen molar-refractivity contribution in [1.82, 2.24) is 10.9 Å². The Balaban J connectivity index is 1.59. The summed E-state index contributed by atoms with van der Waals surface area (Å²) in [5, 5.41) is 3.07. The van der Waals surface area contributed by atoms with E-state index in [4.69, 9.17) is 11.6 Å². The molecule has 0 spiro atoms. The fourth-order valence-electron chi connectivity index (χ4n) is 2.63. The molecular weight excluding hydrogens is 390 g/mol. The number of carbonyl (C=O) groups excluding carboxylic acids is 3. The molecule has 0 fully saturated rings. The topological polar surface area (TPSA) is 87.3 Å². The van der Waals surface area contributed by atoms with Gasteiger partial charge in [0.2, 0.25) is 0 Å². The lowest BCUT2D eigenvalue weighted by Gasteiger charge is -2.10. The third-order valence-electron chi connectivity index (χ3n) is 4.20. The molecule has 3 aromatic carbocycles. The normalized spacial score (nSPS) is 10.1. The first-order valence-corrected chi connectivity index (χ1v) is 9.16. The SMILES string of the molecule is Cc1ccccc1C(=O)Nc1ccc(C(=O)NNC(=O)c2ccccc2Cl)cc1. The predicted molar refractivity (Wildman–Crippen MR) is 112 cm³/mol. The molecule has 0 saturated heterocycles. The molecule has 146 valence electrons. The number of anilines is 1. The Hall–Kier alpha value is -3.64. The van der Waals surface area contributed by atoms with E-state index in [9.17, 15) is 14.4 Å². The Kier molecular flexibility index (Phi) is 6.26. The molecule has 0 atom stereocenters. The minimum atomic E-state index is -0.522. The van der Waals surface area contributed by atoms with Gasteiger partial charge in [-0.3, -0.25) is 25.2 Å². The number of nitrogens with one attached hydrogen (secondary N) is 3. The van der Waals surface area contributed by atoms with E-state index in [1.807, 2.05) is 19.1 Å². The minimum Gasteiger partial charge on any atom is -0.322 e. The van der Waals surface area contributed by atoms with Crippen molar-refractivity contribution in [2.45, 2.75) is 6.92 Å². The largest absolute Gasteiger partial charge is 0.322 e. The van der Waals surface area contributed by atoms with Gasteiger partial charge in [-0.1, -0.05) is 41.9 Å². The molecular formula is C22H18ClN3O3. The van der Waals surface area contributed by atoms with Crippen LogP contribution in [0, 0.1) is 6.92 Å². The summed E-state index contributed by atoms with van der Waals surface area (Å²) >= 11 is 5.96. The molecule has 0 aliphatic heterocycles. The van der Waals surface area contributed by atoms with Crippen molar-refractivity contribution in [1.29, 1.82) is 0 Å². The number of hydrazine groups is 1. The van der Waals surface area contributed by atoms with Crippen molar-refractivity contribution in [3.63, 3.8) is 0 Å². The fraction of sp³-hybridized carbons (Fsp3) is 0.0455. The minimum absolute atomic E-state index is 0.229. The van der Waals surface area contributed by atoms with Crippen molar-refractivity contribution in [2.75, 3.05) is 5.32 Å². The highest BCUT2D eigenvalue weighted by atomic mass is 35.5. The summed E-state index contributed by atoms with van der Waals surface area (Å²) in [4.78, 5) is 36.6.